The molecule has 0 saturated heterocycles. The van der Waals surface area contributed by atoms with Crippen LogP contribution in [0.15, 0.2) is 0 Å². The summed E-state index contributed by atoms with van der Waals surface area (Å²) in [5.74, 6) is 0.927. The lowest BCUT2D eigenvalue weighted by atomic mass is 9.86. The molecule has 1 rings (SSSR count). The van der Waals surface area contributed by atoms with Crippen LogP contribution in [0.25, 0.3) is 0 Å². The van der Waals surface area contributed by atoms with Gasteiger partial charge in [0.15, 0.2) is 0 Å². The largest absolute Gasteiger partial charge is 0.311 e. The Hall–Kier alpha value is -0.0800. The SMILES string of the molecule is CCC(C)(C)NCCN(C)C1CCCC(C)C1. The van der Waals surface area contributed by atoms with Crippen molar-refractivity contribution in [3.63, 3.8) is 0 Å². The van der Waals surface area contributed by atoms with E-state index in [-0.39, 0.29) is 0 Å². The van der Waals surface area contributed by atoms with Gasteiger partial charge in [0.05, 0.1) is 0 Å². The molecule has 0 heterocycles. The van der Waals surface area contributed by atoms with E-state index in [1.807, 2.05) is 0 Å². The molecule has 1 aliphatic carbocycles. The van der Waals surface area contributed by atoms with E-state index in [1.54, 1.807) is 0 Å². The van der Waals surface area contributed by atoms with Gasteiger partial charge in [-0.25, -0.2) is 0 Å². The van der Waals surface area contributed by atoms with Crippen molar-refractivity contribution < 1.29 is 0 Å². The fourth-order valence-corrected chi connectivity index (χ4v) is 2.68. The Balaban J connectivity index is 2.22. The molecular formula is C15H32N2. The second kappa shape index (κ2) is 6.75. The molecule has 0 aromatic carbocycles. The highest BCUT2D eigenvalue weighted by molar-refractivity contribution is 4.79. The van der Waals surface area contributed by atoms with E-state index in [2.05, 4.69) is 45.0 Å². The fourth-order valence-electron chi connectivity index (χ4n) is 2.68. The van der Waals surface area contributed by atoms with Crippen molar-refractivity contribution in [3.05, 3.63) is 0 Å². The van der Waals surface area contributed by atoms with Gasteiger partial charge in [0.2, 0.25) is 0 Å². The fraction of sp³-hybridized carbons (Fsp3) is 1.00. The third kappa shape index (κ3) is 5.39. The average Bonchev–Trinajstić information content (AvgIpc) is 2.28. The van der Waals surface area contributed by atoms with Gasteiger partial charge < -0.3 is 10.2 Å². The monoisotopic (exact) mass is 240 g/mol. The van der Waals surface area contributed by atoms with Crippen molar-refractivity contribution in [2.45, 2.75) is 71.4 Å². The summed E-state index contributed by atoms with van der Waals surface area (Å²) >= 11 is 0. The van der Waals surface area contributed by atoms with Gasteiger partial charge in [-0.2, -0.15) is 0 Å². The quantitative estimate of drug-likeness (QED) is 0.766. The van der Waals surface area contributed by atoms with Gasteiger partial charge in [-0.15, -0.1) is 0 Å². The predicted molar refractivity (Wildman–Crippen MR) is 76.4 cm³/mol. The number of nitrogens with zero attached hydrogens (tertiary/aromatic N) is 1. The van der Waals surface area contributed by atoms with Gasteiger partial charge in [0.25, 0.3) is 0 Å². The Labute approximate surface area is 108 Å². The first-order valence-corrected chi connectivity index (χ1v) is 7.40. The summed E-state index contributed by atoms with van der Waals surface area (Å²) in [6.07, 6.45) is 6.85. The van der Waals surface area contributed by atoms with Crippen LogP contribution in [0.5, 0.6) is 0 Å². The van der Waals surface area contributed by atoms with E-state index in [0.717, 1.165) is 18.5 Å². The minimum Gasteiger partial charge on any atom is -0.311 e. The van der Waals surface area contributed by atoms with Crippen molar-refractivity contribution in [1.29, 1.82) is 0 Å². The summed E-state index contributed by atoms with van der Waals surface area (Å²) in [4.78, 5) is 2.56. The minimum absolute atomic E-state index is 0.292. The van der Waals surface area contributed by atoms with Gasteiger partial charge in [-0.05, 0) is 46.1 Å². The van der Waals surface area contributed by atoms with Gasteiger partial charge in [-0.1, -0.05) is 26.7 Å². The normalized spacial score (nSPS) is 26.5. The number of nitrogens with one attached hydrogen (secondary N) is 1. The van der Waals surface area contributed by atoms with Crippen LogP contribution in [0.3, 0.4) is 0 Å². The first-order valence-electron chi connectivity index (χ1n) is 7.40. The van der Waals surface area contributed by atoms with Crippen molar-refractivity contribution in [2.24, 2.45) is 5.92 Å². The van der Waals surface area contributed by atoms with Crippen molar-refractivity contribution in [1.82, 2.24) is 10.2 Å². The minimum atomic E-state index is 0.292. The van der Waals surface area contributed by atoms with Crippen LogP contribution in [-0.4, -0.2) is 36.6 Å². The Morgan fingerprint density at radius 1 is 1.29 bits per heavy atom. The van der Waals surface area contributed by atoms with Crippen LogP contribution in [-0.2, 0) is 0 Å². The number of hydrogen-bond donors (Lipinski definition) is 1. The summed E-state index contributed by atoms with van der Waals surface area (Å²) in [6, 6.07) is 0.824. The summed E-state index contributed by atoms with van der Waals surface area (Å²) in [7, 11) is 2.29. The van der Waals surface area contributed by atoms with Crippen molar-refractivity contribution >= 4 is 0 Å². The maximum atomic E-state index is 3.65. The molecule has 17 heavy (non-hydrogen) atoms. The maximum Gasteiger partial charge on any atom is 0.0123 e. The second-order valence-corrected chi connectivity index (χ2v) is 6.57. The van der Waals surface area contributed by atoms with E-state index in [9.17, 15) is 0 Å². The van der Waals surface area contributed by atoms with Crippen molar-refractivity contribution in [3.8, 4) is 0 Å². The molecule has 2 nitrogen and oxygen atoms in total. The van der Waals surface area contributed by atoms with Crippen LogP contribution in [0.2, 0.25) is 0 Å². The Morgan fingerprint density at radius 2 is 2.00 bits per heavy atom. The zero-order valence-corrected chi connectivity index (χ0v) is 12.6. The summed E-state index contributed by atoms with van der Waals surface area (Å²) in [5, 5.41) is 3.65. The van der Waals surface area contributed by atoms with E-state index >= 15 is 0 Å². The van der Waals surface area contributed by atoms with Gasteiger partial charge in [0.1, 0.15) is 0 Å². The third-order valence-corrected chi connectivity index (χ3v) is 4.48. The third-order valence-electron chi connectivity index (χ3n) is 4.48. The topological polar surface area (TPSA) is 15.3 Å². The van der Waals surface area contributed by atoms with Crippen LogP contribution >= 0.6 is 0 Å². The van der Waals surface area contributed by atoms with E-state index in [0.29, 0.717) is 5.54 Å². The first-order chi connectivity index (χ1) is 7.94. The highest BCUT2D eigenvalue weighted by atomic mass is 15.1. The molecule has 0 aromatic rings. The molecule has 0 radical (unpaired) electrons. The lowest BCUT2D eigenvalue weighted by Crippen LogP contribution is -2.45. The molecule has 102 valence electrons. The molecule has 2 unspecified atom stereocenters. The molecule has 2 atom stereocenters. The zero-order valence-electron chi connectivity index (χ0n) is 12.6. The molecule has 1 N–H and O–H groups in total. The van der Waals surface area contributed by atoms with Crippen LogP contribution < -0.4 is 5.32 Å². The standard InChI is InChI=1S/C15H32N2/c1-6-15(3,4)16-10-11-17(5)14-9-7-8-13(2)12-14/h13-14,16H,6-12H2,1-5H3. The smallest absolute Gasteiger partial charge is 0.0123 e. The molecular weight excluding hydrogens is 208 g/mol. The molecule has 0 aromatic heterocycles. The lowest BCUT2D eigenvalue weighted by Gasteiger charge is -2.35. The van der Waals surface area contributed by atoms with Crippen LogP contribution in [0, 0.1) is 5.92 Å². The Bertz CT molecular complexity index is 213. The molecule has 0 bridgehead atoms. The number of hydrogen-bond acceptors (Lipinski definition) is 2. The molecule has 0 aliphatic heterocycles. The maximum absolute atomic E-state index is 3.65. The summed E-state index contributed by atoms with van der Waals surface area (Å²) < 4.78 is 0. The van der Waals surface area contributed by atoms with E-state index < -0.39 is 0 Å². The van der Waals surface area contributed by atoms with E-state index in [4.69, 9.17) is 0 Å². The summed E-state index contributed by atoms with van der Waals surface area (Å²) in [5.41, 5.74) is 0.292. The van der Waals surface area contributed by atoms with Crippen molar-refractivity contribution in [2.75, 3.05) is 20.1 Å². The van der Waals surface area contributed by atoms with Gasteiger partial charge >= 0.3 is 0 Å². The van der Waals surface area contributed by atoms with Gasteiger partial charge in [0, 0.05) is 24.7 Å². The lowest BCUT2D eigenvalue weighted by molar-refractivity contribution is 0.160. The Morgan fingerprint density at radius 3 is 2.59 bits per heavy atom. The van der Waals surface area contributed by atoms with Gasteiger partial charge in [-0.3, -0.25) is 0 Å². The molecule has 0 spiro atoms. The molecule has 1 aliphatic rings. The molecule has 0 amide bonds. The molecule has 1 fully saturated rings. The highest BCUT2D eigenvalue weighted by Crippen LogP contribution is 2.26. The van der Waals surface area contributed by atoms with Crippen LogP contribution in [0.4, 0.5) is 0 Å². The predicted octanol–water partition coefficient (Wildman–Crippen LogP) is 3.28. The average molecular weight is 240 g/mol. The highest BCUT2D eigenvalue weighted by Gasteiger charge is 2.22. The number of rotatable bonds is 6. The number of likely N-dealkylation sites (N-methyl/N-ethyl adjacent to an activating group) is 1. The zero-order chi connectivity index (χ0) is 12.9. The Kier molecular flexibility index (Phi) is 5.94. The molecule has 2 heteroatoms. The van der Waals surface area contributed by atoms with E-state index in [1.165, 1.54) is 38.6 Å². The summed E-state index contributed by atoms with van der Waals surface area (Å²) in [6.45, 7) is 11.5. The second-order valence-electron chi connectivity index (χ2n) is 6.57. The first kappa shape index (κ1) is 15.0. The van der Waals surface area contributed by atoms with Crippen LogP contribution in [0.1, 0.15) is 59.8 Å². The molecule has 1 saturated carbocycles.